The lowest BCUT2D eigenvalue weighted by atomic mass is 10.2. The van der Waals surface area contributed by atoms with E-state index in [-0.39, 0.29) is 11.0 Å². The van der Waals surface area contributed by atoms with E-state index in [2.05, 4.69) is 4.72 Å². The molecule has 5 heteroatoms. The van der Waals surface area contributed by atoms with Gasteiger partial charge in [0, 0.05) is 0 Å². The van der Waals surface area contributed by atoms with Crippen molar-refractivity contribution >= 4 is 10.0 Å². The molecule has 4 nitrogen and oxygen atoms in total. The molecule has 0 unspecified atom stereocenters. The van der Waals surface area contributed by atoms with E-state index >= 15 is 0 Å². The summed E-state index contributed by atoms with van der Waals surface area (Å²) >= 11 is 0. The molecule has 0 aliphatic rings. The first-order valence-electron chi connectivity index (χ1n) is 5.07. The van der Waals surface area contributed by atoms with Crippen molar-refractivity contribution in [3.05, 3.63) is 23.8 Å². The van der Waals surface area contributed by atoms with Crippen LogP contribution in [-0.4, -0.2) is 21.6 Å². The van der Waals surface area contributed by atoms with Gasteiger partial charge in [-0.1, -0.05) is 0 Å². The number of hydrogen-bond acceptors (Lipinski definition) is 3. The highest BCUT2D eigenvalue weighted by atomic mass is 32.2. The van der Waals surface area contributed by atoms with Gasteiger partial charge >= 0.3 is 0 Å². The molecule has 0 aliphatic heterocycles. The maximum Gasteiger partial charge on any atom is 0.240 e. The van der Waals surface area contributed by atoms with Crippen molar-refractivity contribution in [2.24, 2.45) is 0 Å². The topological polar surface area (TPSA) is 55.4 Å². The summed E-state index contributed by atoms with van der Waals surface area (Å²) in [5.74, 6) is 0.713. The van der Waals surface area contributed by atoms with Crippen molar-refractivity contribution in [1.82, 2.24) is 4.72 Å². The Bertz CT molecular complexity index is 466. The number of nitrogens with one attached hydrogen (secondary N) is 1. The highest BCUT2D eigenvalue weighted by Crippen LogP contribution is 2.22. The lowest BCUT2D eigenvalue weighted by Gasteiger charge is -2.13. The summed E-state index contributed by atoms with van der Waals surface area (Å²) in [5, 5.41) is 0. The molecule has 0 spiro atoms. The zero-order valence-electron chi connectivity index (χ0n) is 9.94. The Morgan fingerprint density at radius 3 is 2.38 bits per heavy atom. The quantitative estimate of drug-likeness (QED) is 0.875. The van der Waals surface area contributed by atoms with E-state index in [4.69, 9.17) is 4.74 Å². The van der Waals surface area contributed by atoms with Crippen LogP contribution in [0.3, 0.4) is 0 Å². The number of rotatable bonds is 4. The molecule has 1 N–H and O–H groups in total. The zero-order chi connectivity index (χ0) is 12.3. The molecule has 1 aromatic rings. The van der Waals surface area contributed by atoms with Crippen LogP contribution >= 0.6 is 0 Å². The smallest absolute Gasteiger partial charge is 0.240 e. The van der Waals surface area contributed by atoms with Crippen LogP contribution in [0, 0.1) is 6.92 Å². The van der Waals surface area contributed by atoms with Gasteiger partial charge in [0.05, 0.1) is 11.0 Å². The molecule has 0 aromatic heterocycles. The highest BCUT2D eigenvalue weighted by molar-refractivity contribution is 7.89. The predicted molar refractivity (Wildman–Crippen MR) is 63.2 cm³/mol. The molecule has 1 rings (SSSR count). The van der Waals surface area contributed by atoms with E-state index in [1.165, 1.54) is 13.1 Å². The van der Waals surface area contributed by atoms with Crippen molar-refractivity contribution in [3.8, 4) is 5.75 Å². The van der Waals surface area contributed by atoms with Crippen LogP contribution in [-0.2, 0) is 10.0 Å². The first-order chi connectivity index (χ1) is 7.36. The molecule has 1 aromatic carbocycles. The molecule has 0 amide bonds. The van der Waals surface area contributed by atoms with Gasteiger partial charge in [-0.3, -0.25) is 0 Å². The molecule has 0 fully saturated rings. The van der Waals surface area contributed by atoms with Gasteiger partial charge in [0.1, 0.15) is 5.75 Å². The van der Waals surface area contributed by atoms with E-state index in [1.807, 2.05) is 20.8 Å². The summed E-state index contributed by atoms with van der Waals surface area (Å²) in [6.45, 7) is 5.68. The van der Waals surface area contributed by atoms with Crippen molar-refractivity contribution < 1.29 is 13.2 Å². The third-order valence-electron chi connectivity index (χ3n) is 2.09. The summed E-state index contributed by atoms with van der Waals surface area (Å²) in [6, 6.07) is 4.82. The average molecular weight is 243 g/mol. The maximum atomic E-state index is 11.5. The van der Waals surface area contributed by atoms with Gasteiger partial charge in [0.2, 0.25) is 10.0 Å². The molecule has 0 bridgehead atoms. The Kier molecular flexibility index (Phi) is 3.93. The summed E-state index contributed by atoms with van der Waals surface area (Å²) < 4.78 is 30.9. The Balaban J connectivity index is 3.09. The molecule has 0 heterocycles. The van der Waals surface area contributed by atoms with E-state index in [0.717, 1.165) is 5.56 Å². The molecule has 0 saturated heterocycles. The molecule has 0 aliphatic carbocycles. The van der Waals surface area contributed by atoms with Crippen molar-refractivity contribution in [3.63, 3.8) is 0 Å². The molecular formula is C11H17NO3S. The fraction of sp³-hybridized carbons (Fsp3) is 0.455. The molecule has 0 saturated carbocycles. The molecule has 16 heavy (non-hydrogen) atoms. The fourth-order valence-electron chi connectivity index (χ4n) is 1.29. The maximum absolute atomic E-state index is 11.5. The predicted octanol–water partition coefficient (Wildman–Crippen LogP) is 1.69. The van der Waals surface area contributed by atoms with Gasteiger partial charge in [-0.2, -0.15) is 0 Å². The largest absolute Gasteiger partial charge is 0.491 e. The van der Waals surface area contributed by atoms with Crippen LogP contribution in [0.4, 0.5) is 0 Å². The second-order valence-electron chi connectivity index (χ2n) is 3.80. The molecular weight excluding hydrogens is 226 g/mol. The highest BCUT2D eigenvalue weighted by Gasteiger charge is 2.13. The summed E-state index contributed by atoms with van der Waals surface area (Å²) in [4.78, 5) is 0.253. The van der Waals surface area contributed by atoms with Crippen LogP contribution in [0.1, 0.15) is 19.4 Å². The number of hydrogen-bond donors (Lipinski definition) is 1. The summed E-state index contributed by atoms with van der Waals surface area (Å²) in [5.41, 5.74) is 0.810. The Morgan fingerprint density at radius 1 is 1.31 bits per heavy atom. The number of sulfonamides is 1. The molecule has 0 atom stereocenters. The fourth-order valence-corrected chi connectivity index (χ4v) is 2.11. The Morgan fingerprint density at radius 2 is 1.94 bits per heavy atom. The number of benzene rings is 1. The molecule has 0 radical (unpaired) electrons. The monoisotopic (exact) mass is 243 g/mol. The minimum absolute atomic E-state index is 0.0745. The number of aryl methyl sites for hydroxylation is 1. The van der Waals surface area contributed by atoms with E-state index in [9.17, 15) is 8.42 Å². The van der Waals surface area contributed by atoms with Crippen molar-refractivity contribution in [1.29, 1.82) is 0 Å². The van der Waals surface area contributed by atoms with Crippen LogP contribution in [0.5, 0.6) is 5.75 Å². The SMILES string of the molecule is CNS(=O)(=O)c1ccc(OC(C)C)c(C)c1. The average Bonchev–Trinajstić information content (AvgIpc) is 2.20. The second kappa shape index (κ2) is 4.84. The van der Waals surface area contributed by atoms with Crippen LogP contribution < -0.4 is 9.46 Å². The van der Waals surface area contributed by atoms with E-state index in [0.29, 0.717) is 5.75 Å². The molecule has 90 valence electrons. The van der Waals surface area contributed by atoms with E-state index in [1.54, 1.807) is 12.1 Å². The second-order valence-corrected chi connectivity index (χ2v) is 5.69. The minimum atomic E-state index is -3.37. The standard InChI is InChI=1S/C11H17NO3S/c1-8(2)15-11-6-5-10(7-9(11)3)16(13,14)12-4/h5-8,12H,1-4H3. The Labute approximate surface area is 96.7 Å². The number of ether oxygens (including phenoxy) is 1. The van der Waals surface area contributed by atoms with Gasteiger partial charge < -0.3 is 4.74 Å². The third kappa shape index (κ3) is 2.96. The van der Waals surface area contributed by atoms with Crippen molar-refractivity contribution in [2.45, 2.75) is 31.8 Å². The lowest BCUT2D eigenvalue weighted by molar-refractivity contribution is 0.240. The van der Waals surface area contributed by atoms with Crippen LogP contribution in [0.2, 0.25) is 0 Å². The van der Waals surface area contributed by atoms with Crippen LogP contribution in [0.15, 0.2) is 23.1 Å². The normalized spacial score (nSPS) is 11.8. The Hall–Kier alpha value is -1.07. The van der Waals surface area contributed by atoms with Gasteiger partial charge in [0.15, 0.2) is 0 Å². The third-order valence-corrected chi connectivity index (χ3v) is 3.50. The van der Waals surface area contributed by atoms with E-state index < -0.39 is 10.0 Å². The van der Waals surface area contributed by atoms with Gasteiger partial charge in [0.25, 0.3) is 0 Å². The lowest BCUT2D eigenvalue weighted by Crippen LogP contribution is -2.18. The zero-order valence-corrected chi connectivity index (χ0v) is 10.8. The summed E-state index contributed by atoms with van der Waals surface area (Å²) in [7, 11) is -1.98. The summed E-state index contributed by atoms with van der Waals surface area (Å²) in [6.07, 6.45) is 0.0745. The van der Waals surface area contributed by atoms with Gasteiger partial charge in [-0.05, 0) is 51.6 Å². The van der Waals surface area contributed by atoms with Gasteiger partial charge in [-0.15, -0.1) is 0 Å². The van der Waals surface area contributed by atoms with Crippen molar-refractivity contribution in [2.75, 3.05) is 7.05 Å². The minimum Gasteiger partial charge on any atom is -0.491 e. The van der Waals surface area contributed by atoms with Gasteiger partial charge in [-0.25, -0.2) is 13.1 Å². The van der Waals surface area contributed by atoms with Crippen LogP contribution in [0.25, 0.3) is 0 Å². The first-order valence-corrected chi connectivity index (χ1v) is 6.56. The first kappa shape index (κ1) is 13.0.